The Morgan fingerprint density at radius 1 is 1.35 bits per heavy atom. The van der Waals surface area contributed by atoms with Crippen LogP contribution in [0.25, 0.3) is 11.3 Å². The van der Waals surface area contributed by atoms with Crippen LogP contribution in [0.1, 0.15) is 12.7 Å². The van der Waals surface area contributed by atoms with E-state index in [1.165, 1.54) is 6.07 Å². The number of nitrogens with one attached hydrogen (secondary N) is 1. The zero-order chi connectivity index (χ0) is 12.3. The normalized spacial score (nSPS) is 10.2. The number of benzene rings is 1. The number of nitrogens with zero attached hydrogens (tertiary/aromatic N) is 1. The molecule has 0 bridgehead atoms. The molecular formula is C13H14N2O2. The van der Waals surface area contributed by atoms with Crippen molar-refractivity contribution in [2.75, 3.05) is 6.61 Å². The molecule has 0 atom stereocenters. The number of H-pyrrole nitrogens is 1. The van der Waals surface area contributed by atoms with Crippen molar-refractivity contribution in [2.24, 2.45) is 0 Å². The third-order valence-electron chi connectivity index (χ3n) is 2.32. The molecule has 1 N–H and O–H groups in total. The van der Waals surface area contributed by atoms with Crippen LogP contribution in [0.5, 0.6) is 5.75 Å². The molecule has 0 amide bonds. The van der Waals surface area contributed by atoms with Gasteiger partial charge in [-0.3, -0.25) is 4.79 Å². The van der Waals surface area contributed by atoms with Crippen LogP contribution in [0.3, 0.4) is 0 Å². The monoisotopic (exact) mass is 230 g/mol. The van der Waals surface area contributed by atoms with E-state index >= 15 is 0 Å². The van der Waals surface area contributed by atoms with Crippen LogP contribution in [0.4, 0.5) is 0 Å². The molecule has 0 aliphatic carbocycles. The van der Waals surface area contributed by atoms with Crippen molar-refractivity contribution >= 4 is 0 Å². The van der Waals surface area contributed by atoms with Crippen molar-refractivity contribution in [2.45, 2.75) is 13.8 Å². The highest BCUT2D eigenvalue weighted by molar-refractivity contribution is 5.66. The minimum atomic E-state index is -0.154. The number of para-hydroxylation sites is 1. The maximum absolute atomic E-state index is 11.4. The van der Waals surface area contributed by atoms with Crippen LogP contribution in [-0.4, -0.2) is 16.6 Å². The van der Waals surface area contributed by atoms with Crippen molar-refractivity contribution in [1.82, 2.24) is 9.97 Å². The van der Waals surface area contributed by atoms with Gasteiger partial charge in [-0.2, -0.15) is 0 Å². The highest BCUT2D eigenvalue weighted by Gasteiger charge is 2.07. The molecule has 0 fully saturated rings. The van der Waals surface area contributed by atoms with Gasteiger partial charge in [0.1, 0.15) is 11.6 Å². The predicted octanol–water partition coefficient (Wildman–Crippen LogP) is 2.14. The average Bonchev–Trinajstić information content (AvgIpc) is 2.29. The highest BCUT2D eigenvalue weighted by atomic mass is 16.5. The first-order valence-corrected chi connectivity index (χ1v) is 5.51. The van der Waals surface area contributed by atoms with E-state index in [-0.39, 0.29) is 5.56 Å². The van der Waals surface area contributed by atoms with Crippen molar-refractivity contribution in [1.29, 1.82) is 0 Å². The number of aromatic amines is 1. The van der Waals surface area contributed by atoms with Gasteiger partial charge in [-0.05, 0) is 26.0 Å². The molecule has 0 saturated heterocycles. The van der Waals surface area contributed by atoms with E-state index in [0.717, 1.165) is 11.3 Å². The molecule has 2 rings (SSSR count). The average molecular weight is 230 g/mol. The zero-order valence-electron chi connectivity index (χ0n) is 9.86. The first kappa shape index (κ1) is 11.4. The first-order valence-electron chi connectivity index (χ1n) is 5.51. The molecule has 1 aromatic heterocycles. The maximum atomic E-state index is 11.4. The Balaban J connectivity index is 2.55. The molecule has 1 aromatic carbocycles. The summed E-state index contributed by atoms with van der Waals surface area (Å²) >= 11 is 0. The van der Waals surface area contributed by atoms with E-state index in [1.54, 1.807) is 6.92 Å². The van der Waals surface area contributed by atoms with E-state index < -0.39 is 0 Å². The summed E-state index contributed by atoms with van der Waals surface area (Å²) in [5.74, 6) is 1.34. The number of aryl methyl sites for hydroxylation is 1. The minimum absolute atomic E-state index is 0.154. The van der Waals surface area contributed by atoms with Gasteiger partial charge in [-0.15, -0.1) is 0 Å². The van der Waals surface area contributed by atoms with Crippen LogP contribution in [-0.2, 0) is 0 Å². The molecule has 17 heavy (non-hydrogen) atoms. The van der Waals surface area contributed by atoms with Crippen molar-refractivity contribution in [3.8, 4) is 17.0 Å². The Labute approximate surface area is 99.3 Å². The lowest BCUT2D eigenvalue weighted by molar-refractivity contribution is 0.341. The van der Waals surface area contributed by atoms with Gasteiger partial charge in [0.25, 0.3) is 5.56 Å². The predicted molar refractivity (Wildman–Crippen MR) is 66.2 cm³/mol. The number of rotatable bonds is 3. The molecule has 4 heteroatoms. The van der Waals surface area contributed by atoms with Crippen molar-refractivity contribution in [3.05, 3.63) is 46.5 Å². The molecule has 4 nitrogen and oxygen atoms in total. The van der Waals surface area contributed by atoms with Crippen molar-refractivity contribution in [3.63, 3.8) is 0 Å². The Bertz CT molecular complexity index is 576. The minimum Gasteiger partial charge on any atom is -0.493 e. The summed E-state index contributed by atoms with van der Waals surface area (Å²) < 4.78 is 5.52. The fraction of sp³-hybridized carbons (Fsp3) is 0.231. The number of ether oxygens (including phenoxy) is 1. The molecule has 2 aromatic rings. The van der Waals surface area contributed by atoms with Gasteiger partial charge in [0, 0.05) is 11.6 Å². The number of hydrogen-bond acceptors (Lipinski definition) is 3. The molecule has 88 valence electrons. The number of aromatic nitrogens is 2. The Kier molecular flexibility index (Phi) is 3.23. The molecular weight excluding hydrogens is 216 g/mol. The van der Waals surface area contributed by atoms with E-state index in [0.29, 0.717) is 18.1 Å². The standard InChI is InChI=1S/C13H14N2O2/c1-3-17-12-7-5-4-6-10(12)11-8-13(16)15-9(2)14-11/h4-8H,3H2,1-2H3,(H,14,15,16). The summed E-state index contributed by atoms with van der Waals surface area (Å²) in [7, 11) is 0. The largest absolute Gasteiger partial charge is 0.493 e. The maximum Gasteiger partial charge on any atom is 0.251 e. The lowest BCUT2D eigenvalue weighted by Gasteiger charge is -2.09. The third kappa shape index (κ3) is 2.53. The molecule has 0 saturated carbocycles. The van der Waals surface area contributed by atoms with Crippen LogP contribution >= 0.6 is 0 Å². The SMILES string of the molecule is CCOc1ccccc1-c1cc(=O)[nH]c(C)n1. The lowest BCUT2D eigenvalue weighted by atomic mass is 10.1. The zero-order valence-corrected chi connectivity index (χ0v) is 9.86. The van der Waals surface area contributed by atoms with Gasteiger partial charge in [0.2, 0.25) is 0 Å². The molecule has 0 aliphatic rings. The Hall–Kier alpha value is -2.10. The second-order valence-electron chi connectivity index (χ2n) is 3.65. The molecule has 0 spiro atoms. The highest BCUT2D eigenvalue weighted by Crippen LogP contribution is 2.27. The fourth-order valence-corrected chi connectivity index (χ4v) is 1.68. The van der Waals surface area contributed by atoms with Crippen LogP contribution in [0, 0.1) is 6.92 Å². The van der Waals surface area contributed by atoms with Crippen LogP contribution < -0.4 is 10.3 Å². The van der Waals surface area contributed by atoms with Gasteiger partial charge < -0.3 is 9.72 Å². The summed E-state index contributed by atoms with van der Waals surface area (Å²) in [5, 5.41) is 0. The summed E-state index contributed by atoms with van der Waals surface area (Å²) in [6.45, 7) is 4.26. The second-order valence-corrected chi connectivity index (χ2v) is 3.65. The quantitative estimate of drug-likeness (QED) is 0.878. The van der Waals surface area contributed by atoms with Gasteiger partial charge in [-0.1, -0.05) is 12.1 Å². The van der Waals surface area contributed by atoms with E-state index in [2.05, 4.69) is 9.97 Å². The van der Waals surface area contributed by atoms with E-state index in [4.69, 9.17) is 4.74 Å². The van der Waals surface area contributed by atoms with Gasteiger partial charge in [-0.25, -0.2) is 4.98 Å². The van der Waals surface area contributed by atoms with Crippen molar-refractivity contribution < 1.29 is 4.74 Å². The fourth-order valence-electron chi connectivity index (χ4n) is 1.68. The summed E-state index contributed by atoms with van der Waals surface area (Å²) in [5.41, 5.74) is 1.32. The van der Waals surface area contributed by atoms with E-state index in [1.807, 2.05) is 31.2 Å². The summed E-state index contributed by atoms with van der Waals surface area (Å²) in [6.07, 6.45) is 0. The smallest absolute Gasteiger partial charge is 0.251 e. The first-order chi connectivity index (χ1) is 8.20. The van der Waals surface area contributed by atoms with Gasteiger partial charge in [0.15, 0.2) is 0 Å². The Morgan fingerprint density at radius 3 is 2.82 bits per heavy atom. The molecule has 0 radical (unpaired) electrons. The molecule has 0 unspecified atom stereocenters. The molecule has 1 heterocycles. The second kappa shape index (κ2) is 4.82. The van der Waals surface area contributed by atoms with Crippen LogP contribution in [0.2, 0.25) is 0 Å². The number of hydrogen-bond donors (Lipinski definition) is 1. The van der Waals surface area contributed by atoms with Gasteiger partial charge >= 0.3 is 0 Å². The van der Waals surface area contributed by atoms with Crippen LogP contribution in [0.15, 0.2) is 35.1 Å². The topological polar surface area (TPSA) is 55.0 Å². The van der Waals surface area contributed by atoms with Gasteiger partial charge in [0.05, 0.1) is 12.3 Å². The molecule has 0 aliphatic heterocycles. The third-order valence-corrected chi connectivity index (χ3v) is 2.32. The van der Waals surface area contributed by atoms with E-state index in [9.17, 15) is 4.79 Å². The summed E-state index contributed by atoms with van der Waals surface area (Å²) in [4.78, 5) is 18.4. The lowest BCUT2D eigenvalue weighted by Crippen LogP contribution is -2.08. The summed E-state index contributed by atoms with van der Waals surface area (Å²) in [6, 6.07) is 9.04. The Morgan fingerprint density at radius 2 is 2.12 bits per heavy atom.